The zero-order chi connectivity index (χ0) is 57.0. The van der Waals surface area contributed by atoms with Gasteiger partial charge in [-0.1, -0.05) is 20.1 Å². The molecule has 1 rings (SSSR count). The number of hydrogen-bond acceptors (Lipinski definition) is 16. The third-order valence-corrected chi connectivity index (χ3v) is 19.4. The van der Waals surface area contributed by atoms with Crippen molar-refractivity contribution >= 4 is 94.0 Å². The molecule has 0 bridgehead atoms. The summed E-state index contributed by atoms with van der Waals surface area (Å²) in [7, 11) is 10.7. The van der Waals surface area contributed by atoms with Crippen LogP contribution in [-0.4, -0.2) is 191 Å². The molecule has 1 fully saturated rings. The number of rotatable bonds is 36. The molecule has 1 aliphatic heterocycles. The number of unbranched alkanes of at least 4 members (excludes halogenated alkanes) is 10. The number of carbonyl (C=O) groups excluding carboxylic acids is 7. The molecule has 0 aromatic carbocycles. The summed E-state index contributed by atoms with van der Waals surface area (Å²) >= 11 is 1.16. The first-order chi connectivity index (χ1) is 35.4. The van der Waals surface area contributed by atoms with Gasteiger partial charge in [0, 0.05) is 96.8 Å². The Morgan fingerprint density at radius 1 is 0.685 bits per heavy atom. The molecule has 17 nitrogen and oxygen atoms in total. The van der Waals surface area contributed by atoms with Gasteiger partial charge in [-0.25, -0.2) is 24.2 Å². The van der Waals surface area contributed by atoms with Crippen LogP contribution in [0, 0.1) is 0 Å². The molecular formula is C52H99BN4O13S2Sn. The van der Waals surface area contributed by atoms with Crippen LogP contribution in [0.3, 0.4) is 0 Å². The Bertz CT molecular complexity index is 1450. The van der Waals surface area contributed by atoms with Crippen molar-refractivity contribution in [3.8, 4) is 0 Å². The number of aliphatic imine (C=N–C) groups is 1. The van der Waals surface area contributed by atoms with Gasteiger partial charge in [-0.05, 0) is 28.0 Å². The van der Waals surface area contributed by atoms with Crippen molar-refractivity contribution in [2.24, 2.45) is 4.99 Å². The molecule has 0 aromatic rings. The van der Waals surface area contributed by atoms with Crippen LogP contribution in [0.25, 0.3) is 0 Å². The molecule has 0 unspecified atom stereocenters. The third-order valence-electron chi connectivity index (χ3n) is 9.79. The van der Waals surface area contributed by atoms with Gasteiger partial charge >= 0.3 is 165 Å². The topological polar surface area (TPSA) is 217 Å². The van der Waals surface area contributed by atoms with Crippen molar-refractivity contribution in [2.75, 3.05) is 104 Å². The molecule has 2 radical (unpaired) electrons. The summed E-state index contributed by atoms with van der Waals surface area (Å²) < 4.78 is 32.9. The Balaban J connectivity index is -0.000000285. The molecule has 2 N–H and O–H groups in total. The Hall–Kier alpha value is -3.04. The first-order valence-corrected chi connectivity index (χ1v) is 34.3. The molecule has 73 heavy (non-hydrogen) atoms. The summed E-state index contributed by atoms with van der Waals surface area (Å²) in [5.41, 5.74) is 0.646. The smallest absolute Gasteiger partial charge is 0.222 e. The van der Waals surface area contributed by atoms with E-state index in [9.17, 15) is 33.6 Å². The minimum Gasteiger partial charge on any atom is -0.396 e. The molecule has 0 saturated carbocycles. The van der Waals surface area contributed by atoms with Gasteiger partial charge < -0.3 is 39.2 Å². The fourth-order valence-corrected chi connectivity index (χ4v) is 14.7. The minimum absolute atomic E-state index is 0.0716. The van der Waals surface area contributed by atoms with E-state index in [0.29, 0.717) is 41.9 Å². The van der Waals surface area contributed by atoms with Crippen molar-refractivity contribution in [2.45, 2.75) is 159 Å². The number of isocyanates is 1. The predicted octanol–water partition coefficient (Wildman–Crippen LogP) is 8.60. The number of nitrogens with one attached hydrogen (secondary N) is 1. The van der Waals surface area contributed by atoms with Crippen LogP contribution in [0.4, 0.5) is 4.79 Å². The third kappa shape index (κ3) is 65.0. The maximum Gasteiger partial charge on any atom is 0.222 e. The second-order valence-electron chi connectivity index (χ2n) is 17.2. The number of nitrogens with zero attached hydrogens (tertiary/aromatic N) is 3. The van der Waals surface area contributed by atoms with Crippen molar-refractivity contribution in [3.05, 3.63) is 24.3 Å². The Labute approximate surface area is 460 Å². The predicted molar refractivity (Wildman–Crippen MR) is 304 cm³/mol. The summed E-state index contributed by atoms with van der Waals surface area (Å²) in [6.07, 6.45) is 21.7. The number of amides is 3. The summed E-state index contributed by atoms with van der Waals surface area (Å²) in [5, 5.41) is 10.9. The second-order valence-corrected chi connectivity index (χ2v) is 27.2. The summed E-state index contributed by atoms with van der Waals surface area (Å²) in [5.74, 6) is 2.24. The van der Waals surface area contributed by atoms with Crippen LogP contribution >= 0.6 is 23.5 Å². The molecule has 0 aromatic heterocycles. The van der Waals surface area contributed by atoms with Gasteiger partial charge in [-0.2, -0.15) is 23.5 Å². The van der Waals surface area contributed by atoms with Gasteiger partial charge in [0.15, 0.2) is 0 Å². The molecule has 1 saturated heterocycles. The van der Waals surface area contributed by atoms with E-state index in [2.05, 4.69) is 57.4 Å². The van der Waals surface area contributed by atoms with Gasteiger partial charge in [0.25, 0.3) is 0 Å². The number of esters is 2. The summed E-state index contributed by atoms with van der Waals surface area (Å²) in [6.45, 7) is 19.6. The quantitative estimate of drug-likeness (QED) is 0.0114. The van der Waals surface area contributed by atoms with Gasteiger partial charge in [0.1, 0.15) is 19.8 Å². The Kier molecular flexibility index (Phi) is 64.4. The molecule has 1 heterocycles. The van der Waals surface area contributed by atoms with Gasteiger partial charge in [0.05, 0.1) is 19.7 Å². The number of aliphatic hydroxyl groups is 1. The number of hydrogen-bond donors (Lipinski definition) is 2. The Morgan fingerprint density at radius 3 is 1.58 bits per heavy atom. The molecular weight excluding hydrogens is 1080 g/mol. The van der Waals surface area contributed by atoms with E-state index in [1.165, 1.54) is 105 Å². The summed E-state index contributed by atoms with van der Waals surface area (Å²) in [6, 6.07) is 0. The maximum atomic E-state index is 12.0. The molecule has 3 amide bonds. The fourth-order valence-electron chi connectivity index (χ4n) is 5.51. The minimum atomic E-state index is -1.99. The van der Waals surface area contributed by atoms with E-state index in [1.807, 2.05) is 0 Å². The molecule has 424 valence electrons. The molecule has 0 spiro atoms. The zero-order valence-corrected chi connectivity index (χ0v) is 51.6. The van der Waals surface area contributed by atoms with Gasteiger partial charge in [-0.3, -0.25) is 9.59 Å². The van der Waals surface area contributed by atoms with E-state index in [0.717, 1.165) is 31.1 Å². The Morgan fingerprint density at radius 2 is 1.15 bits per heavy atom. The van der Waals surface area contributed by atoms with Crippen molar-refractivity contribution < 1.29 is 60.7 Å². The van der Waals surface area contributed by atoms with Crippen LogP contribution in [0.2, 0.25) is 8.87 Å². The number of aliphatic hydroxyl groups excluding tert-OH is 1. The normalized spacial score (nSPS) is 10.9. The van der Waals surface area contributed by atoms with E-state index in [1.54, 1.807) is 75.4 Å². The van der Waals surface area contributed by atoms with Crippen LogP contribution < -0.4 is 5.32 Å². The molecule has 21 heteroatoms. The van der Waals surface area contributed by atoms with Crippen molar-refractivity contribution in [3.63, 3.8) is 0 Å². The SMILES string of the molecule is C1CCOC1.C=C(C)C(=O)OCCN=C=O.C=C(C)C(=O)OCCNC(=O)OCCSCCC(=O)N(C)C.CCCCCCCCCCCC(=O)[O][SnH]([CH2]CCC)[CH2]CCC.CN(C)C(=O)CCSCCO.[3H][B]. The van der Waals surface area contributed by atoms with Crippen LogP contribution in [-0.2, 0) is 50.8 Å². The second kappa shape index (κ2) is 61.5. The number of alkyl carbamates (subject to hydrolysis) is 1. The first kappa shape index (κ1) is 76.5. The fraction of sp³-hybridized carbons (Fsp3) is 0.788. The monoisotopic (exact) mass is 1180 g/mol. The standard InChI is InChI=1S/C14H24N2O5S.C12H24O2.C7H9NO3.C7H15NO2S.C4H8O.2C4H9.BH.Sn.H/c1-11(2)13(18)20-7-6-15-14(19)21-8-10-22-9-5-12(17)16(3)4;1-2-3-4-5-6-7-8-9-10-11-12(13)14;1-6(2)7(10)11-4-3-8-5-9;1-8(2)7(10)3-5-11-6-4-9;1-2-4-5-3-1;2*1-3-4-2;;;/h1,5-10H2,2-4H3,(H,15,19);2-11H2,1H3,(H,13,14);1,3-4H2,2H3;9H,3-6H2,1-2H3;1-4H2;2*1,3-4H2,2H3;1H;;/q;;;;;;;;+1;/p-1/i;;;;;;;1T;;. The summed E-state index contributed by atoms with van der Waals surface area (Å²) in [4.78, 5) is 83.1. The maximum absolute atomic E-state index is 12.0. The van der Waals surface area contributed by atoms with Crippen LogP contribution in [0.1, 0.15) is 150 Å². The van der Waals surface area contributed by atoms with Crippen molar-refractivity contribution in [1.29, 1.82) is 1.34 Å². The van der Waals surface area contributed by atoms with Crippen molar-refractivity contribution in [1.82, 2.24) is 15.1 Å². The van der Waals surface area contributed by atoms with E-state index >= 15 is 0 Å². The van der Waals surface area contributed by atoms with Gasteiger partial charge in [0.2, 0.25) is 17.9 Å². The average Bonchev–Trinajstić information content (AvgIpc) is 3.98. The molecule has 0 aliphatic carbocycles. The average molecular weight is 1180 g/mol. The van der Waals surface area contributed by atoms with E-state index < -0.39 is 38.2 Å². The largest absolute Gasteiger partial charge is 0.396 e. The van der Waals surface area contributed by atoms with Crippen LogP contribution in [0.5, 0.6) is 0 Å². The molecule has 0 atom stereocenters. The molecule has 1 aliphatic rings. The first-order valence-electron chi connectivity index (χ1n) is 26.6. The van der Waals surface area contributed by atoms with E-state index in [-0.39, 0.29) is 57.3 Å². The van der Waals surface area contributed by atoms with Crippen LogP contribution in [0.15, 0.2) is 29.3 Å². The van der Waals surface area contributed by atoms with Gasteiger partial charge in [-0.15, -0.1) is 0 Å². The zero-order valence-electron chi connectivity index (χ0n) is 47.7. The van der Waals surface area contributed by atoms with E-state index in [4.69, 9.17) is 23.7 Å². The number of thioether (sulfide) groups is 2. The number of ether oxygens (including phenoxy) is 4. The number of carbonyl (C=O) groups is 6.